The van der Waals surface area contributed by atoms with Gasteiger partial charge in [-0.3, -0.25) is 14.6 Å². The van der Waals surface area contributed by atoms with Crippen molar-refractivity contribution in [3.05, 3.63) is 42.0 Å². The van der Waals surface area contributed by atoms with E-state index < -0.39 is 11.6 Å². The van der Waals surface area contributed by atoms with E-state index in [-0.39, 0.29) is 23.5 Å². The van der Waals surface area contributed by atoms with Gasteiger partial charge in [0.1, 0.15) is 11.8 Å². The molecule has 154 valence electrons. The number of nitrogens with one attached hydrogen (secondary N) is 1. The lowest BCUT2D eigenvalue weighted by molar-refractivity contribution is -0.118. The van der Waals surface area contributed by atoms with Gasteiger partial charge in [-0.15, -0.1) is 0 Å². The van der Waals surface area contributed by atoms with E-state index in [2.05, 4.69) is 20.6 Å². The van der Waals surface area contributed by atoms with E-state index >= 15 is 0 Å². The molecule has 0 bridgehead atoms. The van der Waals surface area contributed by atoms with Crippen molar-refractivity contribution in [2.75, 3.05) is 5.01 Å². The van der Waals surface area contributed by atoms with E-state index in [9.17, 15) is 9.59 Å². The number of para-hydroxylation sites is 1. The van der Waals surface area contributed by atoms with Gasteiger partial charge >= 0.3 is 0 Å². The number of ketones is 1. The molecule has 0 saturated heterocycles. The van der Waals surface area contributed by atoms with Gasteiger partial charge in [0, 0.05) is 11.8 Å². The summed E-state index contributed by atoms with van der Waals surface area (Å²) in [6.07, 6.45) is 0.242. The molecule has 8 heteroatoms. The lowest BCUT2D eigenvalue weighted by Crippen LogP contribution is -2.45. The highest BCUT2D eigenvalue weighted by Crippen LogP contribution is 2.27. The second-order valence-electron chi connectivity index (χ2n) is 8.81. The second kappa shape index (κ2) is 7.42. The van der Waals surface area contributed by atoms with Crippen LogP contribution in [0.15, 0.2) is 40.0 Å². The summed E-state index contributed by atoms with van der Waals surface area (Å²) in [7, 11) is 0. The van der Waals surface area contributed by atoms with Gasteiger partial charge in [0.05, 0.1) is 11.2 Å². The molecule has 29 heavy (non-hydrogen) atoms. The van der Waals surface area contributed by atoms with Crippen molar-refractivity contribution in [3.63, 3.8) is 0 Å². The summed E-state index contributed by atoms with van der Waals surface area (Å²) >= 11 is 0. The normalized spacial score (nSPS) is 17.2. The number of hydrogen-bond acceptors (Lipinski definition) is 7. The Kier molecular flexibility index (Phi) is 5.30. The molecule has 1 aromatic heterocycles. The summed E-state index contributed by atoms with van der Waals surface area (Å²) in [6, 6.07) is 8.84. The first-order valence-corrected chi connectivity index (χ1v) is 9.58. The van der Waals surface area contributed by atoms with Crippen LogP contribution in [0.5, 0.6) is 0 Å². The highest BCUT2D eigenvalue weighted by molar-refractivity contribution is 6.40. The van der Waals surface area contributed by atoms with Gasteiger partial charge in [0.15, 0.2) is 11.6 Å². The molecule has 8 nitrogen and oxygen atoms in total. The predicted molar refractivity (Wildman–Crippen MR) is 110 cm³/mol. The van der Waals surface area contributed by atoms with E-state index in [4.69, 9.17) is 4.52 Å². The molecule has 2 aromatic rings. The summed E-state index contributed by atoms with van der Waals surface area (Å²) in [4.78, 5) is 29.5. The SMILES string of the molecule is CC(=O)C1CC(C(=O)NC(C)(C)c2noc(C(C)(C)C)n2)=NN1c1ccccc1. The first kappa shape index (κ1) is 20.7. The van der Waals surface area contributed by atoms with Crippen LogP contribution in [0.4, 0.5) is 5.69 Å². The zero-order valence-corrected chi connectivity index (χ0v) is 17.7. The van der Waals surface area contributed by atoms with Crippen LogP contribution in [0.25, 0.3) is 0 Å². The molecule has 1 unspecified atom stereocenters. The predicted octanol–water partition coefficient (Wildman–Crippen LogP) is 2.94. The number of nitrogens with zero attached hydrogens (tertiary/aromatic N) is 4. The number of hydrazone groups is 1. The van der Waals surface area contributed by atoms with Gasteiger partial charge in [-0.2, -0.15) is 10.1 Å². The monoisotopic (exact) mass is 397 g/mol. The minimum absolute atomic E-state index is 0.0485. The fourth-order valence-electron chi connectivity index (χ4n) is 2.98. The Bertz CT molecular complexity index is 941. The van der Waals surface area contributed by atoms with E-state index in [1.165, 1.54) is 6.92 Å². The van der Waals surface area contributed by atoms with Crippen LogP contribution in [0.3, 0.4) is 0 Å². The molecule has 1 aliphatic heterocycles. The third-order valence-corrected chi connectivity index (χ3v) is 4.72. The van der Waals surface area contributed by atoms with Gasteiger partial charge in [0.2, 0.25) is 5.89 Å². The quantitative estimate of drug-likeness (QED) is 0.832. The number of carbonyl (C=O) groups excluding carboxylic acids is 2. The second-order valence-corrected chi connectivity index (χ2v) is 8.81. The summed E-state index contributed by atoms with van der Waals surface area (Å²) in [5.74, 6) is 0.478. The summed E-state index contributed by atoms with van der Waals surface area (Å²) in [5, 5.41) is 13.0. The van der Waals surface area contributed by atoms with E-state index in [0.29, 0.717) is 17.4 Å². The number of benzene rings is 1. The standard InChI is InChI=1S/C21H27N5O3/c1-13(27)16-12-15(24-26(16)14-10-8-7-9-11-14)17(28)23-21(5,6)18-22-19(29-25-18)20(2,3)4/h7-11,16H,12H2,1-6H3,(H,23,28). The smallest absolute Gasteiger partial charge is 0.268 e. The molecule has 1 amide bonds. The first-order chi connectivity index (χ1) is 13.5. The van der Waals surface area contributed by atoms with Crippen LogP contribution in [0.2, 0.25) is 0 Å². The van der Waals surface area contributed by atoms with Crippen LogP contribution in [0.1, 0.15) is 59.7 Å². The number of aromatic nitrogens is 2. The van der Waals surface area contributed by atoms with E-state index in [1.54, 1.807) is 18.9 Å². The Morgan fingerprint density at radius 3 is 2.34 bits per heavy atom. The number of hydrogen-bond donors (Lipinski definition) is 1. The fourth-order valence-corrected chi connectivity index (χ4v) is 2.98. The number of carbonyl (C=O) groups is 2. The number of rotatable bonds is 5. The average molecular weight is 397 g/mol. The maximum Gasteiger partial charge on any atom is 0.268 e. The van der Waals surface area contributed by atoms with Crippen molar-refractivity contribution in [2.45, 2.75) is 65.0 Å². The Labute approximate surface area is 170 Å². The molecule has 1 aromatic carbocycles. The van der Waals surface area contributed by atoms with Gasteiger partial charge in [-0.25, -0.2) is 0 Å². The average Bonchev–Trinajstić information content (AvgIpc) is 3.30. The first-order valence-electron chi connectivity index (χ1n) is 9.58. The molecule has 0 saturated carbocycles. The van der Waals surface area contributed by atoms with Gasteiger partial charge in [-0.05, 0) is 32.9 Å². The maximum absolute atomic E-state index is 12.9. The van der Waals surface area contributed by atoms with Crippen molar-refractivity contribution in [1.29, 1.82) is 0 Å². The highest BCUT2D eigenvalue weighted by atomic mass is 16.5. The zero-order valence-electron chi connectivity index (χ0n) is 17.7. The van der Waals surface area contributed by atoms with Crippen molar-refractivity contribution < 1.29 is 14.1 Å². The summed E-state index contributed by atoms with van der Waals surface area (Å²) < 4.78 is 5.35. The zero-order chi connectivity index (χ0) is 21.4. The molecule has 0 radical (unpaired) electrons. The van der Waals surface area contributed by atoms with Gasteiger partial charge in [-0.1, -0.05) is 44.1 Å². The van der Waals surface area contributed by atoms with Crippen molar-refractivity contribution in [2.24, 2.45) is 5.10 Å². The molecular weight excluding hydrogens is 370 g/mol. The summed E-state index contributed by atoms with van der Waals surface area (Å²) in [5.41, 5.74) is -0.0889. The number of anilines is 1. The molecule has 0 spiro atoms. The fraction of sp³-hybridized carbons (Fsp3) is 0.476. The molecule has 3 rings (SSSR count). The van der Waals surface area contributed by atoms with Crippen LogP contribution in [-0.4, -0.2) is 33.6 Å². The molecule has 1 atom stereocenters. The van der Waals surface area contributed by atoms with Gasteiger partial charge in [0.25, 0.3) is 5.91 Å². The molecule has 0 fully saturated rings. The van der Waals surface area contributed by atoms with Crippen molar-refractivity contribution in [1.82, 2.24) is 15.5 Å². The lowest BCUT2D eigenvalue weighted by atomic mass is 9.96. The van der Waals surface area contributed by atoms with Crippen molar-refractivity contribution >= 4 is 23.1 Å². The van der Waals surface area contributed by atoms with Crippen LogP contribution in [0, 0.1) is 0 Å². The molecule has 1 aliphatic rings. The highest BCUT2D eigenvalue weighted by Gasteiger charge is 2.37. The van der Waals surface area contributed by atoms with Crippen LogP contribution in [-0.2, 0) is 20.5 Å². The van der Waals surface area contributed by atoms with Crippen LogP contribution < -0.4 is 10.3 Å². The lowest BCUT2D eigenvalue weighted by Gasteiger charge is -2.22. The van der Waals surface area contributed by atoms with E-state index in [1.807, 2.05) is 51.1 Å². The third-order valence-electron chi connectivity index (χ3n) is 4.72. The number of amides is 1. The molecular formula is C21H27N5O3. The Morgan fingerprint density at radius 1 is 1.14 bits per heavy atom. The minimum Gasteiger partial charge on any atom is -0.339 e. The molecule has 0 aliphatic carbocycles. The maximum atomic E-state index is 12.9. The molecule has 1 N–H and O–H groups in total. The Balaban J connectivity index is 1.81. The summed E-state index contributed by atoms with van der Waals surface area (Å²) in [6.45, 7) is 11.0. The third kappa shape index (κ3) is 4.36. The van der Waals surface area contributed by atoms with E-state index in [0.717, 1.165) is 5.69 Å². The number of Topliss-reactive ketones (excluding diaryl/α,β-unsaturated/α-hetero) is 1. The Hall–Kier alpha value is -3.03. The Morgan fingerprint density at radius 2 is 1.79 bits per heavy atom. The van der Waals surface area contributed by atoms with Crippen LogP contribution >= 0.6 is 0 Å². The largest absolute Gasteiger partial charge is 0.339 e. The topological polar surface area (TPSA) is 101 Å². The molecule has 2 heterocycles. The minimum atomic E-state index is -0.863. The van der Waals surface area contributed by atoms with Crippen molar-refractivity contribution in [3.8, 4) is 0 Å². The van der Waals surface area contributed by atoms with Gasteiger partial charge < -0.3 is 9.84 Å².